The summed E-state index contributed by atoms with van der Waals surface area (Å²) in [5, 5.41) is 0. The number of alkyl halides is 3. The molecular formula is C8H8Cl3N. The summed E-state index contributed by atoms with van der Waals surface area (Å²) in [6.07, 6.45) is 0. The first-order valence-corrected chi connectivity index (χ1v) is 4.53. The first-order valence-electron chi connectivity index (χ1n) is 3.40. The summed E-state index contributed by atoms with van der Waals surface area (Å²) in [4.78, 5) is 0. The molecule has 0 unspecified atom stereocenters. The molecule has 0 aromatic heterocycles. The van der Waals surface area contributed by atoms with Crippen LogP contribution in [0.25, 0.3) is 0 Å². The Morgan fingerprint density at radius 3 is 2.42 bits per heavy atom. The quantitative estimate of drug-likeness (QED) is 0.729. The second kappa shape index (κ2) is 3.84. The number of nitrogens with two attached hydrogens (primary N) is 1. The molecule has 0 aliphatic carbocycles. The third kappa shape index (κ3) is 2.53. The molecule has 0 aliphatic heterocycles. The van der Waals surface area contributed by atoms with Crippen molar-refractivity contribution >= 4 is 34.8 Å². The first-order chi connectivity index (χ1) is 5.54. The Balaban J connectivity index is 3.02. The maximum Gasteiger partial charge on any atom is 0.216 e. The molecule has 0 atom stereocenters. The number of benzene rings is 1. The van der Waals surface area contributed by atoms with Crippen molar-refractivity contribution in [1.82, 2.24) is 0 Å². The van der Waals surface area contributed by atoms with Crippen molar-refractivity contribution in [3.05, 3.63) is 35.4 Å². The van der Waals surface area contributed by atoms with Gasteiger partial charge in [0.25, 0.3) is 0 Å². The van der Waals surface area contributed by atoms with Crippen molar-refractivity contribution in [2.24, 2.45) is 5.73 Å². The van der Waals surface area contributed by atoms with E-state index in [4.69, 9.17) is 40.5 Å². The molecule has 1 aromatic carbocycles. The number of halogens is 3. The molecule has 0 heterocycles. The molecular weight excluding hydrogens is 216 g/mol. The molecule has 0 radical (unpaired) electrons. The van der Waals surface area contributed by atoms with Crippen LogP contribution in [0.5, 0.6) is 0 Å². The van der Waals surface area contributed by atoms with Gasteiger partial charge in [-0.05, 0) is 5.56 Å². The highest BCUT2D eigenvalue weighted by atomic mass is 35.6. The van der Waals surface area contributed by atoms with Gasteiger partial charge in [0.2, 0.25) is 3.79 Å². The Kier molecular flexibility index (Phi) is 3.24. The molecule has 1 rings (SSSR count). The van der Waals surface area contributed by atoms with E-state index in [1.807, 2.05) is 12.1 Å². The zero-order chi connectivity index (χ0) is 9.19. The number of rotatable bonds is 1. The van der Waals surface area contributed by atoms with E-state index in [2.05, 4.69) is 0 Å². The van der Waals surface area contributed by atoms with Gasteiger partial charge in [0.1, 0.15) is 0 Å². The van der Waals surface area contributed by atoms with Crippen LogP contribution >= 0.6 is 34.8 Å². The average molecular weight is 225 g/mol. The minimum atomic E-state index is -1.36. The topological polar surface area (TPSA) is 26.0 Å². The van der Waals surface area contributed by atoms with Crippen molar-refractivity contribution < 1.29 is 0 Å². The molecule has 4 heteroatoms. The Morgan fingerprint density at radius 1 is 1.25 bits per heavy atom. The highest BCUT2D eigenvalue weighted by molar-refractivity contribution is 6.66. The molecule has 2 N–H and O–H groups in total. The number of hydrogen-bond donors (Lipinski definition) is 1. The summed E-state index contributed by atoms with van der Waals surface area (Å²) >= 11 is 17.0. The minimum Gasteiger partial charge on any atom is -0.326 e. The highest BCUT2D eigenvalue weighted by Crippen LogP contribution is 2.38. The van der Waals surface area contributed by atoms with Crippen LogP contribution in [0.15, 0.2) is 24.3 Å². The van der Waals surface area contributed by atoms with Gasteiger partial charge in [-0.1, -0.05) is 59.1 Å². The molecule has 12 heavy (non-hydrogen) atoms. The van der Waals surface area contributed by atoms with E-state index in [0.717, 1.165) is 5.56 Å². The predicted octanol–water partition coefficient (Wildman–Crippen LogP) is 2.97. The Labute approximate surface area is 86.4 Å². The van der Waals surface area contributed by atoms with Crippen molar-refractivity contribution in [3.63, 3.8) is 0 Å². The fraction of sp³-hybridized carbons (Fsp3) is 0.250. The summed E-state index contributed by atoms with van der Waals surface area (Å²) in [5.74, 6) is 0. The molecule has 0 amide bonds. The molecule has 0 saturated heterocycles. The van der Waals surface area contributed by atoms with Crippen LogP contribution in [0.2, 0.25) is 0 Å². The monoisotopic (exact) mass is 223 g/mol. The Morgan fingerprint density at radius 2 is 1.92 bits per heavy atom. The minimum absolute atomic E-state index is 0.453. The molecule has 1 aromatic rings. The number of hydrogen-bond acceptors (Lipinski definition) is 1. The van der Waals surface area contributed by atoms with Gasteiger partial charge in [-0.25, -0.2) is 0 Å². The van der Waals surface area contributed by atoms with Crippen molar-refractivity contribution in [3.8, 4) is 0 Å². The van der Waals surface area contributed by atoms with Gasteiger partial charge in [0.15, 0.2) is 0 Å². The second-order valence-corrected chi connectivity index (χ2v) is 4.68. The molecule has 66 valence electrons. The van der Waals surface area contributed by atoms with Gasteiger partial charge in [-0.3, -0.25) is 0 Å². The van der Waals surface area contributed by atoms with Crippen molar-refractivity contribution in [1.29, 1.82) is 0 Å². The van der Waals surface area contributed by atoms with E-state index in [-0.39, 0.29) is 0 Å². The normalized spacial score (nSPS) is 11.7. The van der Waals surface area contributed by atoms with Crippen molar-refractivity contribution in [2.75, 3.05) is 0 Å². The van der Waals surface area contributed by atoms with Crippen LogP contribution < -0.4 is 5.73 Å². The summed E-state index contributed by atoms with van der Waals surface area (Å²) in [5.41, 5.74) is 7.04. The van der Waals surface area contributed by atoms with Crippen LogP contribution in [0, 0.1) is 0 Å². The fourth-order valence-electron chi connectivity index (χ4n) is 0.875. The Hall–Kier alpha value is 0.0500. The summed E-state index contributed by atoms with van der Waals surface area (Å²) in [7, 11) is 0. The van der Waals surface area contributed by atoms with Crippen LogP contribution in [0.4, 0.5) is 0 Å². The van der Waals surface area contributed by atoms with Crippen LogP contribution in [0.1, 0.15) is 11.1 Å². The third-order valence-electron chi connectivity index (χ3n) is 1.49. The third-order valence-corrected chi connectivity index (χ3v) is 2.14. The van der Waals surface area contributed by atoms with Gasteiger partial charge in [0.05, 0.1) is 0 Å². The van der Waals surface area contributed by atoms with E-state index in [0.29, 0.717) is 12.1 Å². The SMILES string of the molecule is NCc1cccc(C(Cl)(Cl)Cl)c1. The summed E-state index contributed by atoms with van der Waals surface area (Å²) in [6.45, 7) is 0.453. The summed E-state index contributed by atoms with van der Waals surface area (Å²) < 4.78 is -1.36. The predicted molar refractivity (Wildman–Crippen MR) is 53.6 cm³/mol. The van der Waals surface area contributed by atoms with Crippen LogP contribution in [0.3, 0.4) is 0 Å². The zero-order valence-corrected chi connectivity index (χ0v) is 8.50. The fourth-order valence-corrected chi connectivity index (χ4v) is 1.23. The lowest BCUT2D eigenvalue weighted by molar-refractivity contribution is 1.06. The van der Waals surface area contributed by atoms with Gasteiger partial charge >= 0.3 is 0 Å². The van der Waals surface area contributed by atoms with Gasteiger partial charge in [-0.15, -0.1) is 0 Å². The molecule has 0 fully saturated rings. The largest absolute Gasteiger partial charge is 0.326 e. The molecule has 0 saturated carbocycles. The zero-order valence-electron chi connectivity index (χ0n) is 6.23. The summed E-state index contributed by atoms with van der Waals surface area (Å²) in [6, 6.07) is 7.25. The van der Waals surface area contributed by atoms with E-state index in [9.17, 15) is 0 Å². The maximum absolute atomic E-state index is 5.68. The lowest BCUT2D eigenvalue weighted by atomic mass is 10.1. The maximum atomic E-state index is 5.68. The molecule has 0 bridgehead atoms. The van der Waals surface area contributed by atoms with Crippen LogP contribution in [-0.2, 0) is 10.3 Å². The standard InChI is InChI=1S/C8H8Cl3N/c9-8(10,11)7-3-1-2-6(4-7)5-12/h1-4H,5,12H2. The smallest absolute Gasteiger partial charge is 0.216 e. The average Bonchev–Trinajstić information content (AvgIpc) is 2.03. The molecule has 0 aliphatic rings. The molecule has 1 nitrogen and oxygen atoms in total. The van der Waals surface area contributed by atoms with E-state index < -0.39 is 3.79 Å². The van der Waals surface area contributed by atoms with E-state index in [1.54, 1.807) is 12.1 Å². The molecule has 0 spiro atoms. The van der Waals surface area contributed by atoms with E-state index in [1.165, 1.54) is 0 Å². The highest BCUT2D eigenvalue weighted by Gasteiger charge is 2.22. The lowest BCUT2D eigenvalue weighted by Gasteiger charge is -2.11. The second-order valence-electron chi connectivity index (χ2n) is 2.40. The first kappa shape index (κ1) is 10.1. The van der Waals surface area contributed by atoms with Gasteiger partial charge in [0, 0.05) is 12.1 Å². The van der Waals surface area contributed by atoms with Crippen LogP contribution in [-0.4, -0.2) is 0 Å². The van der Waals surface area contributed by atoms with Crippen molar-refractivity contribution in [2.45, 2.75) is 10.3 Å². The van der Waals surface area contributed by atoms with Gasteiger partial charge < -0.3 is 5.73 Å². The lowest BCUT2D eigenvalue weighted by Crippen LogP contribution is -2.02. The van der Waals surface area contributed by atoms with E-state index >= 15 is 0 Å². The van der Waals surface area contributed by atoms with Gasteiger partial charge in [-0.2, -0.15) is 0 Å². The Bertz CT molecular complexity index is 267.